The molecule has 1 saturated heterocycles. The summed E-state index contributed by atoms with van der Waals surface area (Å²) in [5.74, 6) is 0. The summed E-state index contributed by atoms with van der Waals surface area (Å²) in [5.41, 5.74) is 0.448. The summed E-state index contributed by atoms with van der Waals surface area (Å²) < 4.78 is 0. The highest BCUT2D eigenvalue weighted by atomic mass is 16.3. The van der Waals surface area contributed by atoms with Gasteiger partial charge in [0.15, 0.2) is 0 Å². The van der Waals surface area contributed by atoms with Crippen LogP contribution in [0.15, 0.2) is 12.7 Å². The van der Waals surface area contributed by atoms with Gasteiger partial charge in [-0.25, -0.2) is 0 Å². The van der Waals surface area contributed by atoms with Crippen molar-refractivity contribution in [2.24, 2.45) is 5.41 Å². The number of nitrogens with zero attached hydrogens (tertiary/aromatic N) is 1. The Morgan fingerprint density at radius 2 is 2.12 bits per heavy atom. The maximum atomic E-state index is 9.06. The first-order chi connectivity index (χ1) is 7.76. The zero-order valence-electron chi connectivity index (χ0n) is 10.5. The summed E-state index contributed by atoms with van der Waals surface area (Å²) in [6.07, 6.45) is 5.67. The van der Waals surface area contributed by atoms with Gasteiger partial charge >= 0.3 is 0 Å². The highest BCUT2D eigenvalue weighted by Gasteiger charge is 2.31. The SMILES string of the molecule is C=CCN(CCO)CC1(CC)CCNCC1. The molecule has 1 fully saturated rings. The van der Waals surface area contributed by atoms with Crippen LogP contribution in [0.2, 0.25) is 0 Å². The number of hydrogen-bond donors (Lipinski definition) is 2. The van der Waals surface area contributed by atoms with Crippen molar-refractivity contribution in [3.05, 3.63) is 12.7 Å². The second kappa shape index (κ2) is 7.05. The first-order valence-electron chi connectivity index (χ1n) is 6.41. The van der Waals surface area contributed by atoms with Gasteiger partial charge < -0.3 is 10.4 Å². The van der Waals surface area contributed by atoms with Gasteiger partial charge in [0, 0.05) is 19.6 Å². The Kier molecular flexibility index (Phi) is 6.03. The molecule has 0 aromatic carbocycles. The van der Waals surface area contributed by atoms with Crippen LogP contribution in [0.1, 0.15) is 26.2 Å². The van der Waals surface area contributed by atoms with Gasteiger partial charge in [-0.1, -0.05) is 13.0 Å². The Balaban J connectivity index is 2.53. The van der Waals surface area contributed by atoms with E-state index < -0.39 is 0 Å². The molecule has 16 heavy (non-hydrogen) atoms. The molecular formula is C13H26N2O. The van der Waals surface area contributed by atoms with Crippen LogP contribution in [-0.4, -0.2) is 49.3 Å². The van der Waals surface area contributed by atoms with Crippen LogP contribution in [0.25, 0.3) is 0 Å². The molecule has 2 N–H and O–H groups in total. The van der Waals surface area contributed by atoms with E-state index in [1.165, 1.54) is 19.3 Å². The van der Waals surface area contributed by atoms with Crippen molar-refractivity contribution in [1.82, 2.24) is 10.2 Å². The van der Waals surface area contributed by atoms with Crippen molar-refractivity contribution in [2.75, 3.05) is 39.3 Å². The number of rotatable bonds is 7. The molecule has 0 spiro atoms. The van der Waals surface area contributed by atoms with E-state index in [-0.39, 0.29) is 6.61 Å². The van der Waals surface area contributed by atoms with Gasteiger partial charge in [-0.15, -0.1) is 6.58 Å². The molecule has 0 aliphatic carbocycles. The van der Waals surface area contributed by atoms with E-state index in [0.717, 1.165) is 32.7 Å². The zero-order chi connectivity index (χ0) is 11.9. The Morgan fingerprint density at radius 1 is 1.44 bits per heavy atom. The first-order valence-corrected chi connectivity index (χ1v) is 6.41. The molecule has 0 bridgehead atoms. The summed E-state index contributed by atoms with van der Waals surface area (Å²) in [4.78, 5) is 2.32. The van der Waals surface area contributed by atoms with Gasteiger partial charge in [-0.2, -0.15) is 0 Å². The summed E-state index contributed by atoms with van der Waals surface area (Å²) in [6.45, 7) is 11.3. The molecule has 3 heteroatoms. The van der Waals surface area contributed by atoms with Crippen LogP contribution < -0.4 is 5.32 Å². The Labute approximate surface area is 99.5 Å². The topological polar surface area (TPSA) is 35.5 Å². The van der Waals surface area contributed by atoms with E-state index in [1.807, 2.05) is 6.08 Å². The van der Waals surface area contributed by atoms with Gasteiger partial charge in [0.05, 0.1) is 6.61 Å². The van der Waals surface area contributed by atoms with Crippen LogP contribution in [0, 0.1) is 5.41 Å². The fourth-order valence-electron chi connectivity index (χ4n) is 2.61. The Bertz CT molecular complexity index is 200. The lowest BCUT2D eigenvalue weighted by molar-refractivity contribution is 0.0998. The molecule has 0 radical (unpaired) electrons. The largest absolute Gasteiger partial charge is 0.395 e. The normalized spacial score (nSPS) is 19.9. The molecule has 0 aromatic heterocycles. The van der Waals surface area contributed by atoms with Crippen molar-refractivity contribution in [3.8, 4) is 0 Å². The van der Waals surface area contributed by atoms with Gasteiger partial charge in [-0.05, 0) is 37.8 Å². The maximum absolute atomic E-state index is 9.06. The lowest BCUT2D eigenvalue weighted by atomic mass is 9.76. The smallest absolute Gasteiger partial charge is 0.0558 e. The van der Waals surface area contributed by atoms with Gasteiger partial charge in [0.1, 0.15) is 0 Å². The quantitative estimate of drug-likeness (QED) is 0.641. The number of aliphatic hydroxyl groups is 1. The third-order valence-electron chi connectivity index (χ3n) is 3.78. The minimum absolute atomic E-state index is 0.242. The second-order valence-electron chi connectivity index (χ2n) is 4.85. The molecule has 0 aromatic rings. The molecule has 1 rings (SSSR count). The molecule has 0 saturated carbocycles. The highest BCUT2D eigenvalue weighted by molar-refractivity contribution is 4.88. The van der Waals surface area contributed by atoms with Crippen molar-refractivity contribution in [1.29, 1.82) is 0 Å². The van der Waals surface area contributed by atoms with Crippen LogP contribution in [0.5, 0.6) is 0 Å². The van der Waals surface area contributed by atoms with E-state index >= 15 is 0 Å². The van der Waals surface area contributed by atoms with E-state index in [1.54, 1.807) is 0 Å². The molecule has 94 valence electrons. The van der Waals surface area contributed by atoms with E-state index in [4.69, 9.17) is 5.11 Å². The summed E-state index contributed by atoms with van der Waals surface area (Å²) in [7, 11) is 0. The lowest BCUT2D eigenvalue weighted by Gasteiger charge is -2.40. The standard InChI is InChI=1S/C13H26N2O/c1-3-9-15(10-11-16)12-13(4-2)5-7-14-8-6-13/h3,14,16H,1,4-12H2,2H3. The summed E-state index contributed by atoms with van der Waals surface area (Å²) >= 11 is 0. The van der Waals surface area contributed by atoms with Gasteiger partial charge in [0.2, 0.25) is 0 Å². The zero-order valence-corrected chi connectivity index (χ0v) is 10.5. The fraction of sp³-hybridized carbons (Fsp3) is 0.846. The van der Waals surface area contributed by atoms with E-state index in [0.29, 0.717) is 5.41 Å². The Hall–Kier alpha value is -0.380. The van der Waals surface area contributed by atoms with Crippen molar-refractivity contribution < 1.29 is 5.11 Å². The van der Waals surface area contributed by atoms with Crippen LogP contribution in [0.4, 0.5) is 0 Å². The van der Waals surface area contributed by atoms with Gasteiger partial charge in [0.25, 0.3) is 0 Å². The molecule has 0 atom stereocenters. The molecule has 1 heterocycles. The highest BCUT2D eigenvalue weighted by Crippen LogP contribution is 2.33. The van der Waals surface area contributed by atoms with E-state index in [9.17, 15) is 0 Å². The molecule has 0 amide bonds. The average Bonchev–Trinajstić information content (AvgIpc) is 2.31. The minimum atomic E-state index is 0.242. The first kappa shape index (κ1) is 13.7. The third-order valence-corrected chi connectivity index (χ3v) is 3.78. The van der Waals surface area contributed by atoms with Crippen LogP contribution in [-0.2, 0) is 0 Å². The fourth-order valence-corrected chi connectivity index (χ4v) is 2.61. The molecule has 3 nitrogen and oxygen atoms in total. The van der Waals surface area contributed by atoms with Crippen molar-refractivity contribution in [3.63, 3.8) is 0 Å². The monoisotopic (exact) mass is 226 g/mol. The third kappa shape index (κ3) is 3.89. The van der Waals surface area contributed by atoms with Crippen molar-refractivity contribution in [2.45, 2.75) is 26.2 Å². The average molecular weight is 226 g/mol. The maximum Gasteiger partial charge on any atom is 0.0558 e. The Morgan fingerprint density at radius 3 is 2.62 bits per heavy atom. The second-order valence-corrected chi connectivity index (χ2v) is 4.85. The van der Waals surface area contributed by atoms with Crippen LogP contribution in [0.3, 0.4) is 0 Å². The predicted molar refractivity (Wildman–Crippen MR) is 68.6 cm³/mol. The predicted octanol–water partition coefficient (Wildman–Crippen LogP) is 1.25. The van der Waals surface area contributed by atoms with Crippen LogP contribution >= 0.6 is 0 Å². The van der Waals surface area contributed by atoms with Gasteiger partial charge in [-0.3, -0.25) is 4.90 Å². The molecule has 1 aliphatic heterocycles. The summed E-state index contributed by atoms with van der Waals surface area (Å²) in [5, 5.41) is 12.5. The number of hydrogen-bond acceptors (Lipinski definition) is 3. The summed E-state index contributed by atoms with van der Waals surface area (Å²) in [6, 6.07) is 0. The molecular weight excluding hydrogens is 200 g/mol. The molecule has 0 unspecified atom stereocenters. The molecule has 1 aliphatic rings. The lowest BCUT2D eigenvalue weighted by Crippen LogP contribution is -2.45. The number of nitrogens with one attached hydrogen (secondary N) is 1. The minimum Gasteiger partial charge on any atom is -0.395 e. The van der Waals surface area contributed by atoms with E-state index in [2.05, 4.69) is 23.7 Å². The van der Waals surface area contributed by atoms with Crippen molar-refractivity contribution >= 4 is 0 Å². The number of piperidine rings is 1. The number of aliphatic hydroxyl groups excluding tert-OH is 1.